The molecule has 0 heterocycles. The van der Waals surface area contributed by atoms with Gasteiger partial charge in [-0.3, -0.25) is 14.4 Å². The minimum atomic E-state index is -0.838. The molecule has 0 fully saturated rings. The number of hydrogen-bond acceptors (Lipinski definition) is 6. The fourth-order valence-corrected chi connectivity index (χ4v) is 6.63. The van der Waals surface area contributed by atoms with E-state index in [0.717, 1.165) is 70.6 Å². The number of hydrogen-bond donors (Lipinski definition) is 0. The fourth-order valence-electron chi connectivity index (χ4n) is 6.63. The van der Waals surface area contributed by atoms with E-state index in [1.807, 2.05) is 128 Å². The van der Waals surface area contributed by atoms with Gasteiger partial charge in [-0.1, -0.05) is 256 Å². The van der Waals surface area contributed by atoms with Crippen molar-refractivity contribution in [2.45, 2.75) is 200 Å². The number of carbonyl (C=O) groups excluding carboxylic acids is 3. The lowest BCUT2D eigenvalue weighted by Gasteiger charge is -2.18. The van der Waals surface area contributed by atoms with Gasteiger partial charge in [0.25, 0.3) is 0 Å². The van der Waals surface area contributed by atoms with Crippen LogP contribution in [-0.4, -0.2) is 37.2 Å². The average Bonchev–Trinajstić information content (AvgIpc) is 3.34. The molecule has 0 aliphatic rings. The predicted molar refractivity (Wildman–Crippen MR) is 292 cm³/mol. The van der Waals surface area contributed by atoms with Crippen LogP contribution in [0.1, 0.15) is 194 Å². The van der Waals surface area contributed by atoms with Gasteiger partial charge in [0, 0.05) is 19.3 Å². The number of rotatable bonds is 45. The zero-order valence-electron chi connectivity index (χ0n) is 43.0. The lowest BCUT2D eigenvalue weighted by atomic mass is 10.1. The van der Waals surface area contributed by atoms with E-state index >= 15 is 0 Å². The Morgan fingerprint density at radius 3 is 1.01 bits per heavy atom. The molecule has 1 atom stereocenters. The Kier molecular flexibility index (Phi) is 50.6. The second kappa shape index (κ2) is 54.6. The van der Waals surface area contributed by atoms with Crippen LogP contribution in [0.4, 0.5) is 0 Å². The Hall–Kier alpha value is -4.97. The standard InChI is InChI=1S/C62H94O6/c1-4-7-10-13-16-19-22-25-27-29-31-33-34-37-40-43-46-49-52-55-61(64)67-58-59(57-66-60(63)54-51-48-45-42-39-36-24-21-18-15-12-9-6-3)68-62(65)56-53-50-47-44-41-38-35-32-30-28-26-23-20-17-14-11-8-5-2/h7,9-10,12-13,15-16,18-19,21-22,24-25,27,29,31-37,39-40,42,45,59H,4-6,8,11,14,17,20,23,26,28,30,38,41,43-44,46-58H2,1-3H3/b10-7+,12-9+,16-13+,18-15+,22-19+,24-21+,27-25+,31-29+,34-33+,35-32+,39-36+,40-37+,45-42+. The van der Waals surface area contributed by atoms with Crippen molar-refractivity contribution in [3.8, 4) is 0 Å². The molecule has 0 aromatic heterocycles. The quantitative estimate of drug-likeness (QED) is 0.0199. The Balaban J connectivity index is 4.61. The van der Waals surface area contributed by atoms with Crippen molar-refractivity contribution in [1.29, 1.82) is 0 Å². The van der Waals surface area contributed by atoms with Gasteiger partial charge in [0.05, 0.1) is 0 Å². The average molecular weight is 935 g/mol. The molecule has 378 valence electrons. The molecule has 0 N–H and O–H groups in total. The normalized spacial score (nSPS) is 13.4. The Bertz CT molecular complexity index is 1590. The summed E-state index contributed by atoms with van der Waals surface area (Å²) >= 11 is 0. The summed E-state index contributed by atoms with van der Waals surface area (Å²) in [5.41, 5.74) is 0. The third-order valence-corrected chi connectivity index (χ3v) is 10.6. The molecule has 6 nitrogen and oxygen atoms in total. The van der Waals surface area contributed by atoms with Crippen molar-refractivity contribution < 1.29 is 28.6 Å². The summed E-state index contributed by atoms with van der Waals surface area (Å²) in [6, 6.07) is 0. The number of allylic oxidation sites excluding steroid dienone is 26. The molecule has 0 spiro atoms. The zero-order chi connectivity index (χ0) is 49.3. The summed E-state index contributed by atoms with van der Waals surface area (Å²) < 4.78 is 16.7. The van der Waals surface area contributed by atoms with E-state index in [-0.39, 0.29) is 50.4 Å². The van der Waals surface area contributed by atoms with Gasteiger partial charge in [0.1, 0.15) is 13.2 Å². The van der Waals surface area contributed by atoms with Gasteiger partial charge in [-0.2, -0.15) is 0 Å². The number of esters is 3. The summed E-state index contributed by atoms with van der Waals surface area (Å²) in [4.78, 5) is 38.0. The van der Waals surface area contributed by atoms with E-state index in [1.165, 1.54) is 70.6 Å². The van der Waals surface area contributed by atoms with E-state index in [4.69, 9.17) is 14.2 Å². The van der Waals surface area contributed by atoms with E-state index in [9.17, 15) is 14.4 Å². The predicted octanol–water partition coefficient (Wildman–Crippen LogP) is 17.8. The number of ether oxygens (including phenoxy) is 3. The minimum Gasteiger partial charge on any atom is -0.462 e. The third-order valence-electron chi connectivity index (χ3n) is 10.6. The molecular weight excluding hydrogens is 841 g/mol. The Morgan fingerprint density at radius 2 is 0.603 bits per heavy atom. The molecule has 6 heteroatoms. The van der Waals surface area contributed by atoms with Gasteiger partial charge >= 0.3 is 17.9 Å². The monoisotopic (exact) mass is 935 g/mol. The summed E-state index contributed by atoms with van der Waals surface area (Å²) in [7, 11) is 0. The molecule has 68 heavy (non-hydrogen) atoms. The molecule has 0 aliphatic carbocycles. The van der Waals surface area contributed by atoms with Crippen LogP contribution in [0.2, 0.25) is 0 Å². The molecule has 0 rings (SSSR count). The van der Waals surface area contributed by atoms with Crippen molar-refractivity contribution in [3.63, 3.8) is 0 Å². The Morgan fingerprint density at radius 1 is 0.309 bits per heavy atom. The highest BCUT2D eigenvalue weighted by Crippen LogP contribution is 2.13. The van der Waals surface area contributed by atoms with E-state index in [2.05, 4.69) is 51.2 Å². The molecule has 0 saturated heterocycles. The molecule has 0 radical (unpaired) electrons. The van der Waals surface area contributed by atoms with Crippen LogP contribution in [0.15, 0.2) is 158 Å². The summed E-state index contributed by atoms with van der Waals surface area (Å²) in [6.45, 7) is 6.21. The summed E-state index contributed by atoms with van der Waals surface area (Å²) in [6.07, 6.45) is 79.5. The third kappa shape index (κ3) is 52.0. The highest BCUT2D eigenvalue weighted by atomic mass is 16.6. The zero-order valence-corrected chi connectivity index (χ0v) is 43.0. The van der Waals surface area contributed by atoms with Crippen LogP contribution in [0.25, 0.3) is 0 Å². The maximum Gasteiger partial charge on any atom is 0.306 e. The van der Waals surface area contributed by atoms with Crippen LogP contribution in [0.5, 0.6) is 0 Å². The topological polar surface area (TPSA) is 78.9 Å². The van der Waals surface area contributed by atoms with Crippen LogP contribution in [-0.2, 0) is 28.6 Å². The van der Waals surface area contributed by atoms with Crippen LogP contribution in [0.3, 0.4) is 0 Å². The van der Waals surface area contributed by atoms with Gasteiger partial charge in [0.2, 0.25) is 0 Å². The largest absolute Gasteiger partial charge is 0.462 e. The minimum absolute atomic E-state index is 0.135. The summed E-state index contributed by atoms with van der Waals surface area (Å²) in [5, 5.41) is 0. The first-order valence-corrected chi connectivity index (χ1v) is 26.7. The van der Waals surface area contributed by atoms with Gasteiger partial charge < -0.3 is 14.2 Å². The first kappa shape index (κ1) is 63.0. The van der Waals surface area contributed by atoms with Gasteiger partial charge in [-0.05, 0) is 77.0 Å². The van der Waals surface area contributed by atoms with Crippen molar-refractivity contribution >= 4 is 17.9 Å². The lowest BCUT2D eigenvalue weighted by molar-refractivity contribution is -0.167. The highest BCUT2D eigenvalue weighted by Gasteiger charge is 2.19. The molecule has 0 aliphatic heterocycles. The number of unbranched alkanes of at least 4 members (excludes halogenated alkanes) is 18. The molecular formula is C62H94O6. The van der Waals surface area contributed by atoms with Crippen LogP contribution < -0.4 is 0 Å². The Labute approximate surface area is 416 Å². The summed E-state index contributed by atoms with van der Waals surface area (Å²) in [5.74, 6) is -1.07. The van der Waals surface area contributed by atoms with Crippen LogP contribution in [0, 0.1) is 0 Å². The van der Waals surface area contributed by atoms with Crippen LogP contribution >= 0.6 is 0 Å². The molecule has 0 aromatic rings. The smallest absolute Gasteiger partial charge is 0.306 e. The second-order valence-electron chi connectivity index (χ2n) is 17.0. The van der Waals surface area contributed by atoms with E-state index < -0.39 is 6.10 Å². The van der Waals surface area contributed by atoms with E-state index in [0.29, 0.717) is 12.8 Å². The lowest BCUT2D eigenvalue weighted by Crippen LogP contribution is -2.30. The maximum atomic E-state index is 12.8. The molecule has 0 amide bonds. The van der Waals surface area contributed by atoms with Gasteiger partial charge in [-0.15, -0.1) is 0 Å². The van der Waals surface area contributed by atoms with Gasteiger partial charge in [-0.25, -0.2) is 0 Å². The molecule has 0 bridgehead atoms. The van der Waals surface area contributed by atoms with E-state index in [1.54, 1.807) is 0 Å². The molecule has 0 aromatic carbocycles. The molecule has 1 unspecified atom stereocenters. The van der Waals surface area contributed by atoms with Crippen molar-refractivity contribution in [1.82, 2.24) is 0 Å². The highest BCUT2D eigenvalue weighted by molar-refractivity contribution is 5.71. The molecule has 0 saturated carbocycles. The van der Waals surface area contributed by atoms with Crippen molar-refractivity contribution in [3.05, 3.63) is 158 Å². The van der Waals surface area contributed by atoms with Crippen molar-refractivity contribution in [2.24, 2.45) is 0 Å². The van der Waals surface area contributed by atoms with Crippen molar-refractivity contribution in [2.75, 3.05) is 13.2 Å². The van der Waals surface area contributed by atoms with Gasteiger partial charge in [0.15, 0.2) is 6.10 Å². The first-order valence-electron chi connectivity index (χ1n) is 26.7. The fraction of sp³-hybridized carbons (Fsp3) is 0.532. The number of carbonyl (C=O) groups is 3. The maximum absolute atomic E-state index is 12.8. The SMILES string of the molecule is CC/C=C/C=C/C=C/C=C/C=C/C=C/C=C/CCCCCC(=O)OCC(COC(=O)CCC/C=C/C=C/C=C/C=C/C=C/CC)OC(=O)CCCCCCC/C=C/CCCCCCCCCCC. The first-order chi connectivity index (χ1) is 33.5. The second-order valence-corrected chi connectivity index (χ2v) is 17.0.